The largest absolute Gasteiger partial charge is 0.480 e. The molecule has 0 aliphatic heterocycles. The number of para-hydroxylation sites is 1. The number of hydrogen-bond donors (Lipinski definition) is 3. The molecule has 0 saturated heterocycles. The third-order valence-electron chi connectivity index (χ3n) is 2.92. The summed E-state index contributed by atoms with van der Waals surface area (Å²) in [5, 5.41) is 11.5. The lowest BCUT2D eigenvalue weighted by atomic mass is 10.1. The van der Waals surface area contributed by atoms with Gasteiger partial charge in [0.05, 0.1) is 17.5 Å². The Morgan fingerprint density at radius 2 is 1.91 bits per heavy atom. The summed E-state index contributed by atoms with van der Waals surface area (Å²) >= 11 is 0. The lowest BCUT2D eigenvalue weighted by Crippen LogP contribution is -2.41. The first-order valence-electron chi connectivity index (χ1n) is 6.85. The van der Waals surface area contributed by atoms with Crippen molar-refractivity contribution < 1.29 is 23.1 Å². The first-order valence-corrected chi connectivity index (χ1v) is 8.74. The van der Waals surface area contributed by atoms with Gasteiger partial charge >= 0.3 is 5.97 Å². The van der Waals surface area contributed by atoms with E-state index in [2.05, 4.69) is 10.0 Å². The maximum Gasteiger partial charge on any atom is 0.326 e. The molecule has 0 heterocycles. The minimum atomic E-state index is -3.54. The minimum absolute atomic E-state index is 0.0793. The molecule has 8 heteroatoms. The van der Waals surface area contributed by atoms with E-state index in [4.69, 9.17) is 5.11 Å². The first-order chi connectivity index (χ1) is 10.2. The molecule has 3 N–H and O–H groups in total. The Labute approximate surface area is 129 Å². The van der Waals surface area contributed by atoms with Crippen LogP contribution in [0.5, 0.6) is 0 Å². The molecule has 0 bridgehead atoms. The number of carbonyl (C=O) groups is 2. The Morgan fingerprint density at radius 3 is 2.45 bits per heavy atom. The zero-order valence-corrected chi connectivity index (χ0v) is 13.3. The third kappa shape index (κ3) is 5.72. The van der Waals surface area contributed by atoms with Gasteiger partial charge < -0.3 is 10.4 Å². The maximum absolute atomic E-state index is 12.2. The number of amides is 1. The molecule has 122 valence electrons. The molecule has 1 amide bonds. The van der Waals surface area contributed by atoms with E-state index in [1.807, 2.05) is 6.92 Å². The van der Waals surface area contributed by atoms with Crippen LogP contribution in [0.25, 0.3) is 0 Å². The second kappa shape index (κ2) is 7.79. The van der Waals surface area contributed by atoms with Crippen molar-refractivity contribution in [2.45, 2.75) is 32.2 Å². The number of carboxylic acids is 1. The lowest BCUT2D eigenvalue weighted by molar-refractivity contribution is -0.139. The van der Waals surface area contributed by atoms with E-state index in [-0.39, 0.29) is 11.3 Å². The number of anilines is 1. The van der Waals surface area contributed by atoms with E-state index in [0.717, 1.165) is 12.7 Å². The highest BCUT2D eigenvalue weighted by atomic mass is 32.2. The lowest BCUT2D eigenvalue weighted by Gasteiger charge is -2.16. The summed E-state index contributed by atoms with van der Waals surface area (Å²) in [4.78, 5) is 23.4. The molecule has 1 atom stereocenters. The van der Waals surface area contributed by atoms with Crippen LogP contribution in [-0.4, -0.2) is 37.7 Å². The van der Waals surface area contributed by atoms with Gasteiger partial charge in [0.2, 0.25) is 10.0 Å². The number of hydrogen-bond acceptors (Lipinski definition) is 4. The van der Waals surface area contributed by atoms with E-state index in [1.54, 1.807) is 12.1 Å². The fraction of sp³-hybridized carbons (Fsp3) is 0.429. The van der Waals surface area contributed by atoms with E-state index in [0.29, 0.717) is 12.8 Å². The highest BCUT2D eigenvalue weighted by molar-refractivity contribution is 7.92. The molecular weight excluding hydrogens is 308 g/mol. The van der Waals surface area contributed by atoms with Crippen molar-refractivity contribution in [2.75, 3.05) is 11.0 Å². The highest BCUT2D eigenvalue weighted by Crippen LogP contribution is 2.16. The molecule has 0 saturated carbocycles. The Balaban J connectivity index is 2.95. The molecule has 0 aliphatic rings. The summed E-state index contributed by atoms with van der Waals surface area (Å²) in [6.45, 7) is 1.92. The van der Waals surface area contributed by atoms with Crippen molar-refractivity contribution in [1.29, 1.82) is 0 Å². The molecule has 1 aromatic rings. The van der Waals surface area contributed by atoms with Crippen LogP contribution < -0.4 is 10.0 Å². The second-order valence-electron chi connectivity index (χ2n) is 4.93. The molecule has 7 nitrogen and oxygen atoms in total. The standard InChI is InChI=1S/C14H20N2O5S/c1-3-4-8-12(14(18)19)15-13(17)10-7-5-6-9-11(10)16-22(2,20)21/h5-7,9,12,16H,3-4,8H2,1-2H3,(H,15,17)(H,18,19)/t12-/m0/s1. The summed E-state index contributed by atoms with van der Waals surface area (Å²) in [6, 6.07) is 5.03. The second-order valence-corrected chi connectivity index (χ2v) is 6.67. The summed E-state index contributed by atoms with van der Waals surface area (Å²) in [6.07, 6.45) is 2.77. The highest BCUT2D eigenvalue weighted by Gasteiger charge is 2.22. The summed E-state index contributed by atoms with van der Waals surface area (Å²) in [5.74, 6) is -1.74. The molecule has 0 spiro atoms. The van der Waals surface area contributed by atoms with Crippen molar-refractivity contribution in [1.82, 2.24) is 5.32 Å². The van der Waals surface area contributed by atoms with Crippen LogP contribution in [0.1, 0.15) is 36.5 Å². The average Bonchev–Trinajstić information content (AvgIpc) is 2.41. The van der Waals surface area contributed by atoms with Gasteiger partial charge in [0.15, 0.2) is 0 Å². The monoisotopic (exact) mass is 328 g/mol. The SMILES string of the molecule is CCCC[C@H](NC(=O)c1ccccc1NS(C)(=O)=O)C(=O)O. The fourth-order valence-corrected chi connectivity index (χ4v) is 2.45. The molecular formula is C14H20N2O5S. The zero-order chi connectivity index (χ0) is 16.8. The van der Waals surface area contributed by atoms with E-state index in [9.17, 15) is 18.0 Å². The number of sulfonamides is 1. The summed E-state index contributed by atoms with van der Waals surface area (Å²) in [7, 11) is -3.54. The molecule has 1 aromatic carbocycles. The Kier molecular flexibility index (Phi) is 6.36. The molecule has 22 heavy (non-hydrogen) atoms. The zero-order valence-electron chi connectivity index (χ0n) is 12.5. The Hall–Kier alpha value is -2.09. The molecule has 0 aliphatic carbocycles. The Morgan fingerprint density at radius 1 is 1.27 bits per heavy atom. The van der Waals surface area contributed by atoms with Crippen molar-refractivity contribution >= 4 is 27.6 Å². The van der Waals surface area contributed by atoms with Crippen LogP contribution in [0.15, 0.2) is 24.3 Å². The smallest absolute Gasteiger partial charge is 0.326 e. The van der Waals surface area contributed by atoms with Gasteiger partial charge in [-0.1, -0.05) is 31.9 Å². The van der Waals surface area contributed by atoms with Crippen molar-refractivity contribution in [2.24, 2.45) is 0 Å². The number of unbranched alkanes of at least 4 members (excludes halogenated alkanes) is 1. The van der Waals surface area contributed by atoms with Gasteiger partial charge in [0.25, 0.3) is 5.91 Å². The Bertz CT molecular complexity index is 642. The van der Waals surface area contributed by atoms with Gasteiger partial charge in [-0.15, -0.1) is 0 Å². The predicted octanol–water partition coefficient (Wildman–Crippen LogP) is 1.43. The van der Waals surface area contributed by atoms with Gasteiger partial charge in [-0.05, 0) is 18.6 Å². The van der Waals surface area contributed by atoms with Gasteiger partial charge in [-0.25, -0.2) is 13.2 Å². The van der Waals surface area contributed by atoms with Crippen LogP contribution in [0.3, 0.4) is 0 Å². The number of aliphatic carboxylic acids is 1. The molecule has 0 radical (unpaired) electrons. The van der Waals surface area contributed by atoms with Crippen LogP contribution in [0.2, 0.25) is 0 Å². The topological polar surface area (TPSA) is 113 Å². The molecule has 1 rings (SSSR count). The number of nitrogens with one attached hydrogen (secondary N) is 2. The van der Waals surface area contributed by atoms with Crippen LogP contribution in [0.4, 0.5) is 5.69 Å². The van der Waals surface area contributed by atoms with E-state index >= 15 is 0 Å². The summed E-state index contributed by atoms with van der Waals surface area (Å²) in [5.41, 5.74) is 0.192. The van der Waals surface area contributed by atoms with Crippen molar-refractivity contribution in [3.63, 3.8) is 0 Å². The quantitative estimate of drug-likeness (QED) is 0.668. The molecule has 0 fully saturated rings. The van der Waals surface area contributed by atoms with Crippen LogP contribution in [0, 0.1) is 0 Å². The predicted molar refractivity (Wildman–Crippen MR) is 83.3 cm³/mol. The third-order valence-corrected chi connectivity index (χ3v) is 3.51. The van der Waals surface area contributed by atoms with E-state index in [1.165, 1.54) is 12.1 Å². The summed E-state index contributed by atoms with van der Waals surface area (Å²) < 4.78 is 24.9. The average molecular weight is 328 g/mol. The van der Waals surface area contributed by atoms with Gasteiger partial charge in [0.1, 0.15) is 6.04 Å². The maximum atomic E-state index is 12.2. The minimum Gasteiger partial charge on any atom is -0.480 e. The van der Waals surface area contributed by atoms with Crippen LogP contribution >= 0.6 is 0 Å². The van der Waals surface area contributed by atoms with Crippen LogP contribution in [-0.2, 0) is 14.8 Å². The number of carbonyl (C=O) groups excluding carboxylic acids is 1. The number of carboxylic acid groups (broad SMARTS) is 1. The van der Waals surface area contributed by atoms with Crippen molar-refractivity contribution in [3.05, 3.63) is 29.8 Å². The molecule has 0 unspecified atom stereocenters. The fourth-order valence-electron chi connectivity index (χ4n) is 1.87. The van der Waals surface area contributed by atoms with Gasteiger partial charge in [0, 0.05) is 0 Å². The number of rotatable bonds is 8. The van der Waals surface area contributed by atoms with Gasteiger partial charge in [-0.2, -0.15) is 0 Å². The van der Waals surface area contributed by atoms with Gasteiger partial charge in [-0.3, -0.25) is 9.52 Å². The molecule has 0 aromatic heterocycles. The van der Waals surface area contributed by atoms with Crippen molar-refractivity contribution in [3.8, 4) is 0 Å². The number of benzene rings is 1. The normalized spacial score (nSPS) is 12.5. The van der Waals surface area contributed by atoms with E-state index < -0.39 is 27.9 Å². The first kappa shape index (κ1) is 18.0.